The first-order valence-corrected chi connectivity index (χ1v) is 6.15. The summed E-state index contributed by atoms with van der Waals surface area (Å²) in [4.78, 5) is 4.42. The normalized spacial score (nSPS) is 12.1. The lowest BCUT2D eigenvalue weighted by molar-refractivity contribution is 0.622. The van der Waals surface area contributed by atoms with Crippen molar-refractivity contribution in [3.8, 4) is 11.8 Å². The number of pyridine rings is 1. The first-order chi connectivity index (χ1) is 7.81. The van der Waals surface area contributed by atoms with Crippen LogP contribution in [0.1, 0.15) is 25.5 Å². The Morgan fingerprint density at radius 1 is 1.56 bits per heavy atom. The topological polar surface area (TPSA) is 24.9 Å². The van der Waals surface area contributed by atoms with E-state index >= 15 is 0 Å². The SMILES string of the molecule is CC#CCNC(C)c1cnc2ccsc2c1. The molecule has 1 unspecified atom stereocenters. The lowest BCUT2D eigenvalue weighted by atomic mass is 10.1. The van der Waals surface area contributed by atoms with E-state index in [1.165, 1.54) is 10.3 Å². The maximum atomic E-state index is 4.42. The van der Waals surface area contributed by atoms with Gasteiger partial charge in [0.05, 0.1) is 16.8 Å². The molecule has 0 aromatic carbocycles. The molecule has 2 aromatic heterocycles. The smallest absolute Gasteiger partial charge is 0.0809 e. The zero-order valence-electron chi connectivity index (χ0n) is 9.45. The van der Waals surface area contributed by atoms with E-state index in [1.54, 1.807) is 11.3 Å². The van der Waals surface area contributed by atoms with Crippen LogP contribution in [0.5, 0.6) is 0 Å². The summed E-state index contributed by atoms with van der Waals surface area (Å²) in [6.45, 7) is 4.71. The highest BCUT2D eigenvalue weighted by Crippen LogP contribution is 2.22. The van der Waals surface area contributed by atoms with Crippen molar-refractivity contribution in [1.29, 1.82) is 0 Å². The molecule has 0 aliphatic heterocycles. The van der Waals surface area contributed by atoms with Crippen molar-refractivity contribution in [3.05, 3.63) is 29.3 Å². The Bertz CT molecular complexity index is 533. The summed E-state index contributed by atoms with van der Waals surface area (Å²) in [7, 11) is 0. The molecule has 3 heteroatoms. The van der Waals surface area contributed by atoms with Gasteiger partial charge in [0.1, 0.15) is 0 Å². The molecule has 0 aliphatic rings. The van der Waals surface area contributed by atoms with Gasteiger partial charge < -0.3 is 0 Å². The monoisotopic (exact) mass is 230 g/mol. The molecule has 0 amide bonds. The summed E-state index contributed by atoms with van der Waals surface area (Å²) in [6.07, 6.45) is 1.94. The Kier molecular flexibility index (Phi) is 3.55. The van der Waals surface area contributed by atoms with Gasteiger partial charge in [0, 0.05) is 12.2 Å². The fourth-order valence-electron chi connectivity index (χ4n) is 1.51. The van der Waals surface area contributed by atoms with Gasteiger partial charge >= 0.3 is 0 Å². The minimum Gasteiger partial charge on any atom is -0.300 e. The average molecular weight is 230 g/mol. The van der Waals surface area contributed by atoms with E-state index in [9.17, 15) is 0 Å². The first-order valence-electron chi connectivity index (χ1n) is 5.27. The second-order valence-corrected chi connectivity index (χ2v) is 4.55. The van der Waals surface area contributed by atoms with Gasteiger partial charge in [0.25, 0.3) is 0 Å². The molecule has 2 rings (SSSR count). The molecule has 0 fully saturated rings. The van der Waals surface area contributed by atoms with E-state index in [-0.39, 0.29) is 0 Å². The minimum absolute atomic E-state index is 0.292. The van der Waals surface area contributed by atoms with Gasteiger partial charge in [0.15, 0.2) is 0 Å². The molecular weight excluding hydrogens is 216 g/mol. The number of fused-ring (bicyclic) bond motifs is 1. The van der Waals surface area contributed by atoms with Crippen LogP contribution in [0.3, 0.4) is 0 Å². The quantitative estimate of drug-likeness (QED) is 0.820. The van der Waals surface area contributed by atoms with Crippen molar-refractivity contribution in [2.45, 2.75) is 19.9 Å². The molecule has 1 atom stereocenters. The van der Waals surface area contributed by atoms with Crippen LogP contribution in [0.25, 0.3) is 10.2 Å². The molecule has 0 aliphatic carbocycles. The maximum absolute atomic E-state index is 4.42. The highest BCUT2D eigenvalue weighted by Gasteiger charge is 2.05. The van der Waals surface area contributed by atoms with Gasteiger partial charge in [-0.3, -0.25) is 10.3 Å². The third-order valence-corrected chi connectivity index (χ3v) is 3.35. The largest absolute Gasteiger partial charge is 0.300 e. The highest BCUT2D eigenvalue weighted by atomic mass is 32.1. The first kappa shape index (κ1) is 11.1. The van der Waals surface area contributed by atoms with Crippen LogP contribution in [0.4, 0.5) is 0 Å². The second-order valence-electron chi connectivity index (χ2n) is 3.60. The minimum atomic E-state index is 0.292. The van der Waals surface area contributed by atoms with E-state index in [0.717, 1.165) is 12.1 Å². The third-order valence-electron chi connectivity index (χ3n) is 2.50. The summed E-state index contributed by atoms with van der Waals surface area (Å²) in [5.74, 6) is 5.88. The van der Waals surface area contributed by atoms with Gasteiger partial charge in [-0.05, 0) is 36.9 Å². The third kappa shape index (κ3) is 2.41. The number of thiophene rings is 1. The molecule has 2 heterocycles. The number of hydrogen-bond donors (Lipinski definition) is 1. The van der Waals surface area contributed by atoms with Crippen LogP contribution in [0, 0.1) is 11.8 Å². The van der Waals surface area contributed by atoms with Gasteiger partial charge in [-0.2, -0.15) is 0 Å². The molecule has 1 N–H and O–H groups in total. The molecule has 0 radical (unpaired) electrons. The zero-order valence-corrected chi connectivity index (χ0v) is 10.3. The summed E-state index contributed by atoms with van der Waals surface area (Å²) in [5, 5.41) is 5.42. The maximum Gasteiger partial charge on any atom is 0.0809 e. The number of rotatable bonds is 3. The lowest BCUT2D eigenvalue weighted by Gasteiger charge is -2.11. The van der Waals surface area contributed by atoms with Gasteiger partial charge in [-0.25, -0.2) is 0 Å². The van der Waals surface area contributed by atoms with Crippen molar-refractivity contribution in [2.24, 2.45) is 0 Å². The summed E-state index contributed by atoms with van der Waals surface area (Å²) >= 11 is 1.73. The number of nitrogens with one attached hydrogen (secondary N) is 1. The summed E-state index contributed by atoms with van der Waals surface area (Å²) in [6, 6.07) is 4.54. The Morgan fingerprint density at radius 2 is 2.44 bits per heavy atom. The number of aromatic nitrogens is 1. The number of hydrogen-bond acceptors (Lipinski definition) is 3. The fourth-order valence-corrected chi connectivity index (χ4v) is 2.30. The molecule has 2 nitrogen and oxygen atoms in total. The van der Waals surface area contributed by atoms with Gasteiger partial charge in [-0.1, -0.05) is 5.92 Å². The standard InChI is InChI=1S/C13H14N2S/c1-3-4-6-14-10(2)11-8-13-12(15-9-11)5-7-16-13/h5,7-10,14H,6H2,1-2H3. The molecule has 0 saturated heterocycles. The van der Waals surface area contributed by atoms with Crippen molar-refractivity contribution in [2.75, 3.05) is 6.54 Å². The molecule has 2 aromatic rings. The summed E-state index contributed by atoms with van der Waals surface area (Å²) < 4.78 is 1.24. The molecule has 82 valence electrons. The van der Waals surface area contributed by atoms with Crippen molar-refractivity contribution in [3.63, 3.8) is 0 Å². The van der Waals surface area contributed by atoms with Crippen LogP contribution in [0.15, 0.2) is 23.7 Å². The molecule has 0 bridgehead atoms. The van der Waals surface area contributed by atoms with Crippen LogP contribution >= 0.6 is 11.3 Å². The van der Waals surface area contributed by atoms with E-state index in [0.29, 0.717) is 6.04 Å². The fraction of sp³-hybridized carbons (Fsp3) is 0.308. The van der Waals surface area contributed by atoms with Crippen LogP contribution < -0.4 is 5.32 Å². The lowest BCUT2D eigenvalue weighted by Crippen LogP contribution is -2.18. The van der Waals surface area contributed by atoms with Crippen molar-refractivity contribution >= 4 is 21.6 Å². The Morgan fingerprint density at radius 3 is 3.25 bits per heavy atom. The highest BCUT2D eigenvalue weighted by molar-refractivity contribution is 7.17. The van der Waals surface area contributed by atoms with Gasteiger partial charge in [-0.15, -0.1) is 17.3 Å². The van der Waals surface area contributed by atoms with Crippen LogP contribution in [0.2, 0.25) is 0 Å². The van der Waals surface area contributed by atoms with Crippen LogP contribution in [-0.4, -0.2) is 11.5 Å². The predicted octanol–water partition coefficient (Wildman–Crippen LogP) is 2.97. The van der Waals surface area contributed by atoms with E-state index in [1.807, 2.05) is 19.2 Å². The molecular formula is C13H14N2S. The molecule has 0 saturated carbocycles. The Hall–Kier alpha value is -1.37. The molecule has 16 heavy (non-hydrogen) atoms. The van der Waals surface area contributed by atoms with Crippen LogP contribution in [-0.2, 0) is 0 Å². The Labute approximate surface area is 99.7 Å². The van der Waals surface area contributed by atoms with E-state index < -0.39 is 0 Å². The van der Waals surface area contributed by atoms with E-state index in [2.05, 4.69) is 40.5 Å². The van der Waals surface area contributed by atoms with E-state index in [4.69, 9.17) is 0 Å². The number of nitrogens with zero attached hydrogens (tertiary/aromatic N) is 1. The van der Waals surface area contributed by atoms with Gasteiger partial charge in [0.2, 0.25) is 0 Å². The zero-order chi connectivity index (χ0) is 11.4. The summed E-state index contributed by atoms with van der Waals surface area (Å²) in [5.41, 5.74) is 2.29. The van der Waals surface area contributed by atoms with Crippen molar-refractivity contribution < 1.29 is 0 Å². The average Bonchev–Trinajstić information content (AvgIpc) is 2.76. The Balaban J connectivity index is 2.14. The predicted molar refractivity (Wildman–Crippen MR) is 69.5 cm³/mol. The van der Waals surface area contributed by atoms with Crippen molar-refractivity contribution in [1.82, 2.24) is 10.3 Å². The molecule has 0 spiro atoms. The second kappa shape index (κ2) is 5.11.